The van der Waals surface area contributed by atoms with Crippen molar-refractivity contribution in [3.63, 3.8) is 0 Å². The first-order chi connectivity index (χ1) is 12.0. The number of sulfonamides is 1. The van der Waals surface area contributed by atoms with Gasteiger partial charge in [-0.2, -0.15) is 0 Å². The van der Waals surface area contributed by atoms with E-state index >= 15 is 0 Å². The lowest BCUT2D eigenvalue weighted by Crippen LogP contribution is -2.54. The van der Waals surface area contributed by atoms with Crippen LogP contribution in [0.2, 0.25) is 0 Å². The second-order valence-electron chi connectivity index (χ2n) is 7.24. The minimum absolute atomic E-state index is 0. The topological polar surface area (TPSA) is 101 Å². The first kappa shape index (κ1) is 21.2. The lowest BCUT2D eigenvalue weighted by atomic mass is 9.67. The summed E-state index contributed by atoms with van der Waals surface area (Å²) >= 11 is 0. The van der Waals surface area contributed by atoms with Crippen LogP contribution in [0.4, 0.5) is 0 Å². The maximum atomic E-state index is 12.3. The standard InChI is InChI=1S/C18H27N3O3S.ClH/c19-15-11-13-5-4-6-14(12-15)18(13)21-17(22)9-10-20-25(23,24)16-7-2-1-3-8-16;/h1-3,7-8,13-15,18,20H,4-6,9-12,19H2,(H,21,22);1H. The molecule has 0 aliphatic heterocycles. The zero-order valence-electron chi connectivity index (χ0n) is 14.8. The third-order valence-corrected chi connectivity index (χ3v) is 6.88. The smallest absolute Gasteiger partial charge is 0.240 e. The number of hydrogen-bond acceptors (Lipinski definition) is 4. The summed E-state index contributed by atoms with van der Waals surface area (Å²) in [6.45, 7) is 0.102. The summed E-state index contributed by atoms with van der Waals surface area (Å²) in [5.74, 6) is 0.841. The number of rotatable bonds is 6. The van der Waals surface area contributed by atoms with Crippen molar-refractivity contribution in [3.05, 3.63) is 30.3 Å². The van der Waals surface area contributed by atoms with Crippen LogP contribution in [-0.2, 0) is 14.8 Å². The van der Waals surface area contributed by atoms with Crippen molar-refractivity contribution in [2.24, 2.45) is 17.6 Å². The molecular weight excluding hydrogens is 374 g/mol. The van der Waals surface area contributed by atoms with Crippen LogP contribution < -0.4 is 15.8 Å². The molecule has 6 nitrogen and oxygen atoms in total. The Bertz CT molecular complexity index is 685. The molecular formula is C18H28ClN3O3S. The second-order valence-corrected chi connectivity index (χ2v) is 9.00. The van der Waals surface area contributed by atoms with Crippen LogP contribution in [0.15, 0.2) is 35.2 Å². The Morgan fingerprint density at radius 3 is 2.35 bits per heavy atom. The summed E-state index contributed by atoms with van der Waals surface area (Å²) < 4.78 is 26.8. The average Bonchev–Trinajstić information content (AvgIpc) is 2.56. The summed E-state index contributed by atoms with van der Waals surface area (Å²) in [7, 11) is -3.56. The highest BCUT2D eigenvalue weighted by atomic mass is 35.5. The number of nitrogens with two attached hydrogens (primary N) is 1. The molecule has 4 N–H and O–H groups in total. The molecule has 3 rings (SSSR count). The summed E-state index contributed by atoms with van der Waals surface area (Å²) in [6.07, 6.45) is 5.55. The van der Waals surface area contributed by atoms with Gasteiger partial charge in [0.15, 0.2) is 0 Å². The van der Waals surface area contributed by atoms with Crippen LogP contribution in [0.25, 0.3) is 0 Å². The van der Waals surface area contributed by atoms with E-state index in [9.17, 15) is 13.2 Å². The predicted molar refractivity (Wildman–Crippen MR) is 103 cm³/mol. The molecule has 2 saturated carbocycles. The molecule has 8 heteroatoms. The van der Waals surface area contributed by atoms with E-state index in [4.69, 9.17) is 5.73 Å². The highest BCUT2D eigenvalue weighted by Crippen LogP contribution is 2.39. The summed E-state index contributed by atoms with van der Waals surface area (Å²) in [5.41, 5.74) is 6.11. The average molecular weight is 402 g/mol. The second kappa shape index (κ2) is 9.17. The molecule has 2 aliphatic carbocycles. The Morgan fingerprint density at radius 1 is 1.12 bits per heavy atom. The number of carbonyl (C=O) groups excluding carboxylic acids is 1. The van der Waals surface area contributed by atoms with Gasteiger partial charge in [0.05, 0.1) is 4.90 Å². The molecule has 0 heterocycles. The number of fused-ring (bicyclic) bond motifs is 2. The normalized spacial score (nSPS) is 28.0. The van der Waals surface area contributed by atoms with Crippen molar-refractivity contribution in [3.8, 4) is 0 Å². The lowest BCUT2D eigenvalue weighted by Gasteiger charge is -2.45. The fourth-order valence-corrected chi connectivity index (χ4v) is 5.32. The van der Waals surface area contributed by atoms with E-state index in [-0.39, 0.29) is 48.3 Å². The first-order valence-electron chi connectivity index (χ1n) is 9.05. The first-order valence-corrected chi connectivity index (χ1v) is 10.5. The fraction of sp³-hybridized carbons (Fsp3) is 0.611. The minimum Gasteiger partial charge on any atom is -0.353 e. The molecule has 26 heavy (non-hydrogen) atoms. The number of carbonyl (C=O) groups is 1. The monoisotopic (exact) mass is 401 g/mol. The van der Waals surface area contributed by atoms with Crippen LogP contribution in [0.5, 0.6) is 0 Å². The van der Waals surface area contributed by atoms with Crippen molar-refractivity contribution in [1.29, 1.82) is 0 Å². The maximum absolute atomic E-state index is 12.3. The van der Waals surface area contributed by atoms with Gasteiger partial charge in [0.25, 0.3) is 0 Å². The fourth-order valence-electron chi connectivity index (χ4n) is 4.26. The van der Waals surface area contributed by atoms with E-state index < -0.39 is 10.0 Å². The highest BCUT2D eigenvalue weighted by molar-refractivity contribution is 7.89. The van der Waals surface area contributed by atoms with Crippen molar-refractivity contribution in [2.45, 2.75) is 55.5 Å². The molecule has 1 amide bonds. The highest BCUT2D eigenvalue weighted by Gasteiger charge is 2.39. The van der Waals surface area contributed by atoms with Gasteiger partial charge >= 0.3 is 0 Å². The van der Waals surface area contributed by atoms with Gasteiger partial charge in [-0.25, -0.2) is 13.1 Å². The maximum Gasteiger partial charge on any atom is 0.240 e. The van der Waals surface area contributed by atoms with Gasteiger partial charge in [0, 0.05) is 25.0 Å². The van der Waals surface area contributed by atoms with Gasteiger partial charge < -0.3 is 11.1 Å². The van der Waals surface area contributed by atoms with Gasteiger partial charge in [-0.1, -0.05) is 24.6 Å². The number of hydrogen-bond donors (Lipinski definition) is 3. The summed E-state index contributed by atoms with van der Waals surface area (Å²) in [4.78, 5) is 12.5. The van der Waals surface area contributed by atoms with E-state index in [0.29, 0.717) is 11.8 Å². The van der Waals surface area contributed by atoms with Crippen LogP contribution in [0.3, 0.4) is 0 Å². The number of nitrogens with one attached hydrogen (secondary N) is 2. The van der Waals surface area contributed by atoms with E-state index in [1.807, 2.05) is 0 Å². The van der Waals surface area contributed by atoms with Crippen LogP contribution >= 0.6 is 12.4 Å². The molecule has 0 radical (unpaired) electrons. The third-order valence-electron chi connectivity index (χ3n) is 5.40. The summed E-state index contributed by atoms with van der Waals surface area (Å²) in [6, 6.07) is 8.64. The SMILES string of the molecule is Cl.NC1CC2CCCC(C1)C2NC(=O)CCNS(=O)(=O)c1ccccc1. The van der Waals surface area contributed by atoms with Crippen LogP contribution in [0, 0.1) is 11.8 Å². The van der Waals surface area contributed by atoms with Crippen molar-refractivity contribution in [1.82, 2.24) is 10.0 Å². The minimum atomic E-state index is -3.56. The zero-order valence-corrected chi connectivity index (χ0v) is 16.4. The van der Waals surface area contributed by atoms with Gasteiger partial charge in [-0.15, -0.1) is 12.4 Å². The van der Waals surface area contributed by atoms with Crippen LogP contribution in [0.1, 0.15) is 38.5 Å². The predicted octanol–water partition coefficient (Wildman–Crippen LogP) is 1.80. The molecule has 2 atom stereocenters. The Morgan fingerprint density at radius 2 is 1.73 bits per heavy atom. The molecule has 1 aromatic rings. The van der Waals surface area contributed by atoms with Crippen molar-refractivity contribution < 1.29 is 13.2 Å². The molecule has 2 fully saturated rings. The molecule has 0 spiro atoms. The molecule has 0 aromatic heterocycles. The largest absolute Gasteiger partial charge is 0.353 e. The Balaban J connectivity index is 0.00000243. The van der Waals surface area contributed by atoms with E-state index in [0.717, 1.165) is 25.7 Å². The lowest BCUT2D eigenvalue weighted by molar-refractivity contribution is -0.123. The van der Waals surface area contributed by atoms with Crippen molar-refractivity contribution in [2.75, 3.05) is 6.54 Å². The third kappa shape index (κ3) is 5.19. The van der Waals surface area contributed by atoms with Gasteiger partial charge in [-0.3, -0.25) is 4.79 Å². The van der Waals surface area contributed by atoms with Crippen LogP contribution in [-0.4, -0.2) is 33.0 Å². The number of halogens is 1. The number of benzene rings is 1. The van der Waals surface area contributed by atoms with E-state index in [1.165, 1.54) is 18.6 Å². The number of amides is 1. The Kier molecular flexibility index (Phi) is 7.46. The van der Waals surface area contributed by atoms with Gasteiger partial charge in [0.1, 0.15) is 0 Å². The summed E-state index contributed by atoms with van der Waals surface area (Å²) in [5, 5.41) is 3.14. The zero-order chi connectivity index (χ0) is 17.9. The molecule has 0 saturated heterocycles. The molecule has 2 aliphatic rings. The van der Waals surface area contributed by atoms with Gasteiger partial charge in [-0.05, 0) is 49.7 Å². The quantitative estimate of drug-likeness (QED) is 0.676. The molecule has 2 bridgehead atoms. The van der Waals surface area contributed by atoms with Crippen molar-refractivity contribution >= 4 is 28.3 Å². The molecule has 1 aromatic carbocycles. The van der Waals surface area contributed by atoms with Gasteiger partial charge in [0.2, 0.25) is 15.9 Å². The Hall–Kier alpha value is -1.15. The molecule has 2 unspecified atom stereocenters. The Labute approximate surface area is 161 Å². The van der Waals surface area contributed by atoms with E-state index in [2.05, 4.69) is 10.0 Å². The molecule has 146 valence electrons. The van der Waals surface area contributed by atoms with E-state index in [1.54, 1.807) is 18.2 Å².